The summed E-state index contributed by atoms with van der Waals surface area (Å²) in [6.07, 6.45) is 2.73. The molecule has 6 aromatic rings. The van der Waals surface area contributed by atoms with E-state index in [9.17, 15) is 24.3 Å². The molecule has 2 aromatic heterocycles. The summed E-state index contributed by atoms with van der Waals surface area (Å²) in [5.74, 6) is -1.62. The van der Waals surface area contributed by atoms with Crippen molar-refractivity contribution in [3.63, 3.8) is 0 Å². The first-order valence-electron chi connectivity index (χ1n) is 16.4. The van der Waals surface area contributed by atoms with E-state index in [0.29, 0.717) is 35.3 Å². The van der Waals surface area contributed by atoms with Crippen LogP contribution < -0.4 is 16.2 Å². The molecule has 0 spiro atoms. The minimum atomic E-state index is -1.29. The lowest BCUT2D eigenvalue weighted by Crippen LogP contribution is -2.48. The molecule has 0 aliphatic heterocycles. The van der Waals surface area contributed by atoms with Crippen LogP contribution in [0.3, 0.4) is 0 Å². The van der Waals surface area contributed by atoms with Crippen molar-refractivity contribution in [2.24, 2.45) is 0 Å². The topological polar surface area (TPSA) is 157 Å². The third-order valence-electron chi connectivity index (χ3n) is 8.85. The maximum atomic E-state index is 13.7. The zero-order valence-corrected chi connectivity index (χ0v) is 27.5. The molecule has 50 heavy (non-hydrogen) atoms. The van der Waals surface area contributed by atoms with E-state index >= 15 is 0 Å². The molecule has 252 valence electrons. The highest BCUT2D eigenvalue weighted by Crippen LogP contribution is 2.37. The molecule has 1 atom stereocenters. The van der Waals surface area contributed by atoms with E-state index in [1.54, 1.807) is 37.4 Å². The largest absolute Gasteiger partial charge is 0.480 e. The van der Waals surface area contributed by atoms with Gasteiger partial charge in [0, 0.05) is 18.2 Å². The smallest absolute Gasteiger partial charge is 0.326 e. The highest BCUT2D eigenvalue weighted by atomic mass is 16.4. The first-order valence-corrected chi connectivity index (χ1v) is 16.4. The quantitative estimate of drug-likeness (QED) is 0.104. The van der Waals surface area contributed by atoms with Gasteiger partial charge in [0.1, 0.15) is 23.1 Å². The lowest BCUT2D eigenvalue weighted by molar-refractivity contribution is -0.139. The first-order chi connectivity index (χ1) is 24.2. The Morgan fingerprint density at radius 3 is 1.90 bits per heavy atom. The van der Waals surface area contributed by atoms with Crippen molar-refractivity contribution in [3.05, 3.63) is 171 Å². The number of nitrogens with zero attached hydrogens (tertiary/aromatic N) is 1. The van der Waals surface area contributed by atoms with Crippen molar-refractivity contribution >= 4 is 28.8 Å². The Hall–Kier alpha value is -6.29. The van der Waals surface area contributed by atoms with E-state index in [1.807, 2.05) is 91.0 Å². The third-order valence-corrected chi connectivity index (χ3v) is 8.85. The highest BCUT2D eigenvalue weighted by molar-refractivity contribution is 5.96. The number of rotatable bonds is 13. The molecule has 0 aliphatic rings. The molecule has 0 aliphatic carbocycles. The molecule has 4 aromatic carbocycles. The zero-order chi connectivity index (χ0) is 35.1. The second-order valence-corrected chi connectivity index (χ2v) is 12.2. The van der Waals surface area contributed by atoms with E-state index < -0.39 is 23.5 Å². The number of aryl methyl sites for hydroxylation is 3. The number of aromatic nitrogens is 3. The lowest BCUT2D eigenvalue weighted by Gasteiger charge is -2.37. The number of aliphatic carboxylic acids is 1. The molecule has 0 unspecified atom stereocenters. The molecular formula is C40H37N5O5. The summed E-state index contributed by atoms with van der Waals surface area (Å²) in [5, 5.41) is 16.3. The summed E-state index contributed by atoms with van der Waals surface area (Å²) in [7, 11) is 0. The molecule has 10 heteroatoms. The van der Waals surface area contributed by atoms with Crippen LogP contribution in [-0.4, -0.2) is 43.9 Å². The summed E-state index contributed by atoms with van der Waals surface area (Å²) < 4.78 is 0. The highest BCUT2D eigenvalue weighted by Gasteiger charge is 2.38. The van der Waals surface area contributed by atoms with Gasteiger partial charge in [0.25, 0.3) is 11.5 Å². The van der Waals surface area contributed by atoms with Crippen LogP contribution in [0, 0.1) is 6.92 Å². The number of amides is 2. The van der Waals surface area contributed by atoms with E-state index in [1.165, 1.54) is 0 Å². The van der Waals surface area contributed by atoms with Gasteiger partial charge in [-0.1, -0.05) is 103 Å². The number of carbonyl (C=O) groups excluding carboxylic acids is 2. The van der Waals surface area contributed by atoms with Crippen LogP contribution in [0.1, 0.15) is 56.8 Å². The minimum absolute atomic E-state index is 0.114. The van der Waals surface area contributed by atoms with Crippen LogP contribution in [0.2, 0.25) is 0 Å². The summed E-state index contributed by atoms with van der Waals surface area (Å²) >= 11 is 0. The van der Waals surface area contributed by atoms with Crippen LogP contribution in [-0.2, 0) is 28.0 Å². The van der Waals surface area contributed by atoms with E-state index in [-0.39, 0.29) is 24.3 Å². The molecule has 0 radical (unpaired) electrons. The molecule has 10 nitrogen and oxygen atoms in total. The summed E-state index contributed by atoms with van der Waals surface area (Å²) in [4.78, 5) is 61.6. The van der Waals surface area contributed by atoms with Crippen molar-refractivity contribution in [2.45, 2.75) is 44.2 Å². The Labute approximate surface area is 288 Å². The van der Waals surface area contributed by atoms with Crippen molar-refractivity contribution in [1.82, 2.24) is 25.6 Å². The van der Waals surface area contributed by atoms with E-state index in [0.717, 1.165) is 27.8 Å². The van der Waals surface area contributed by atoms with Crippen molar-refractivity contribution in [2.75, 3.05) is 0 Å². The van der Waals surface area contributed by atoms with Crippen LogP contribution in [0.5, 0.6) is 0 Å². The number of carboxylic acids is 1. The average molecular weight is 668 g/mol. The number of aromatic amines is 2. The number of hydrogen-bond acceptors (Lipinski definition) is 5. The predicted octanol–water partition coefficient (Wildman–Crippen LogP) is 5.42. The van der Waals surface area contributed by atoms with Gasteiger partial charge < -0.3 is 25.7 Å². The van der Waals surface area contributed by atoms with Gasteiger partial charge in [-0.3, -0.25) is 14.4 Å². The number of hydrogen-bond donors (Lipinski definition) is 5. The molecular weight excluding hydrogens is 630 g/mol. The standard InChI is InChI=1S/C40H37N5O5/c1-26-42-36-35(38(48)43-26)29(25-41-36)22-19-27-17-20-28(21-18-27)37(47)44-33(39(49)50)23-24-34(46)45-40(30-11-5-2-6-12-30,31-13-7-3-8-14-31)32-15-9-4-10-16-32/h2-18,20-21,25,33H,19,22-24H2,1H3,(H,44,47)(H,45,46)(H,49,50)(H2,41,42,43,48)/t33-/m0/s1. The number of nitrogens with one attached hydrogen (secondary N) is 4. The monoisotopic (exact) mass is 667 g/mol. The zero-order valence-electron chi connectivity index (χ0n) is 27.5. The Morgan fingerprint density at radius 1 is 0.800 bits per heavy atom. The fourth-order valence-corrected chi connectivity index (χ4v) is 6.34. The Kier molecular flexibility index (Phi) is 9.99. The van der Waals surface area contributed by atoms with Gasteiger partial charge in [-0.2, -0.15) is 0 Å². The minimum Gasteiger partial charge on any atom is -0.480 e. The van der Waals surface area contributed by atoms with Gasteiger partial charge in [0.15, 0.2) is 0 Å². The number of carbonyl (C=O) groups is 3. The van der Waals surface area contributed by atoms with Crippen molar-refractivity contribution in [1.29, 1.82) is 0 Å². The first kappa shape index (κ1) is 33.6. The molecule has 0 fully saturated rings. The maximum absolute atomic E-state index is 13.7. The summed E-state index contributed by atoms with van der Waals surface area (Å²) in [6.45, 7) is 1.73. The van der Waals surface area contributed by atoms with Crippen LogP contribution in [0.15, 0.2) is 126 Å². The van der Waals surface area contributed by atoms with Gasteiger partial charge >= 0.3 is 5.97 Å². The Balaban J connectivity index is 1.12. The molecule has 2 amide bonds. The third kappa shape index (κ3) is 7.24. The van der Waals surface area contributed by atoms with Crippen molar-refractivity contribution in [3.8, 4) is 0 Å². The van der Waals surface area contributed by atoms with Gasteiger partial charge in [-0.15, -0.1) is 0 Å². The van der Waals surface area contributed by atoms with Crippen LogP contribution >= 0.6 is 0 Å². The maximum Gasteiger partial charge on any atom is 0.326 e. The molecule has 6 rings (SSSR count). The van der Waals surface area contributed by atoms with Gasteiger partial charge in [-0.05, 0) is 66.1 Å². The lowest BCUT2D eigenvalue weighted by atomic mass is 9.77. The van der Waals surface area contributed by atoms with Crippen molar-refractivity contribution < 1.29 is 19.5 Å². The Bertz CT molecular complexity index is 2060. The van der Waals surface area contributed by atoms with E-state index in [2.05, 4.69) is 25.6 Å². The van der Waals surface area contributed by atoms with Gasteiger partial charge in [-0.25, -0.2) is 9.78 Å². The number of carboxylic acid groups (broad SMARTS) is 1. The number of H-pyrrole nitrogens is 2. The predicted molar refractivity (Wildman–Crippen MR) is 191 cm³/mol. The molecule has 2 heterocycles. The van der Waals surface area contributed by atoms with Crippen LogP contribution in [0.25, 0.3) is 11.0 Å². The summed E-state index contributed by atoms with van der Waals surface area (Å²) in [6, 6.07) is 34.5. The Morgan fingerprint density at radius 2 is 1.36 bits per heavy atom. The molecule has 0 bridgehead atoms. The molecule has 0 saturated heterocycles. The molecule has 5 N–H and O–H groups in total. The molecule has 0 saturated carbocycles. The van der Waals surface area contributed by atoms with Gasteiger partial charge in [0.2, 0.25) is 5.91 Å². The normalized spacial score (nSPS) is 11.9. The SMILES string of the molecule is Cc1nc2[nH]cc(CCc3ccc(C(=O)N[C@@H](CCC(=O)NC(c4ccccc4)(c4ccccc4)c4ccccc4)C(=O)O)cc3)c2c(=O)[nH]1. The van der Waals surface area contributed by atoms with Crippen LogP contribution in [0.4, 0.5) is 0 Å². The number of fused-ring (bicyclic) bond motifs is 1. The van der Waals surface area contributed by atoms with Gasteiger partial charge in [0.05, 0.1) is 5.39 Å². The second kappa shape index (κ2) is 14.9. The fourth-order valence-electron chi connectivity index (χ4n) is 6.34. The average Bonchev–Trinajstić information content (AvgIpc) is 3.55. The fraction of sp³-hybridized carbons (Fsp3) is 0.175. The van der Waals surface area contributed by atoms with E-state index in [4.69, 9.17) is 0 Å². The second-order valence-electron chi connectivity index (χ2n) is 12.2. The number of benzene rings is 4. The summed E-state index contributed by atoms with van der Waals surface area (Å²) in [5.41, 5.74) is 3.94.